The molecule has 2 N–H and O–H groups in total. The van der Waals surface area contributed by atoms with Gasteiger partial charge in [-0.05, 0) is 60.7 Å². The molecule has 4 rings (SSSR count). The molecule has 4 heteroatoms. The van der Waals surface area contributed by atoms with Crippen molar-refractivity contribution in [1.82, 2.24) is 5.32 Å². The van der Waals surface area contributed by atoms with E-state index in [1.165, 1.54) is 12.8 Å². The molecule has 0 aliphatic carbocycles. The quantitative estimate of drug-likeness (QED) is 0.890. The molecular formula is C17H20ClNO2. The number of piperidine rings is 1. The van der Waals surface area contributed by atoms with Crippen molar-refractivity contribution in [2.45, 2.75) is 43.9 Å². The van der Waals surface area contributed by atoms with Gasteiger partial charge in [0.05, 0.1) is 0 Å². The van der Waals surface area contributed by atoms with Crippen LogP contribution in [0.1, 0.15) is 25.7 Å². The Labute approximate surface area is 130 Å². The molecule has 2 aliphatic rings. The summed E-state index contributed by atoms with van der Waals surface area (Å²) < 4.78 is 6.17. The molecule has 3 nitrogen and oxygen atoms in total. The minimum absolute atomic E-state index is 0. The first-order valence-corrected chi connectivity index (χ1v) is 7.42. The monoisotopic (exact) mass is 305 g/mol. The zero-order valence-electron chi connectivity index (χ0n) is 11.8. The van der Waals surface area contributed by atoms with Crippen molar-refractivity contribution < 1.29 is 9.84 Å². The second-order valence-electron chi connectivity index (χ2n) is 6.04. The van der Waals surface area contributed by atoms with E-state index < -0.39 is 0 Å². The SMILES string of the molecule is Cl.Oc1ccc2cc(OC3CC4CCC(C3)N4)ccc2c1. The summed E-state index contributed by atoms with van der Waals surface area (Å²) in [6.07, 6.45) is 5.15. The number of benzene rings is 2. The molecule has 21 heavy (non-hydrogen) atoms. The molecule has 0 amide bonds. The third-order valence-electron chi connectivity index (χ3n) is 4.53. The number of ether oxygens (including phenoxy) is 1. The number of fused-ring (bicyclic) bond motifs is 3. The Morgan fingerprint density at radius 1 is 0.952 bits per heavy atom. The van der Waals surface area contributed by atoms with Gasteiger partial charge in [0.1, 0.15) is 17.6 Å². The van der Waals surface area contributed by atoms with Crippen LogP contribution in [0, 0.1) is 0 Å². The highest BCUT2D eigenvalue weighted by molar-refractivity contribution is 5.85. The summed E-state index contributed by atoms with van der Waals surface area (Å²) in [7, 11) is 0. The van der Waals surface area contributed by atoms with Gasteiger partial charge in [-0.25, -0.2) is 0 Å². The predicted octanol–water partition coefficient (Wildman–Crippen LogP) is 3.63. The first kappa shape index (κ1) is 14.5. The van der Waals surface area contributed by atoms with Crippen LogP contribution in [0.4, 0.5) is 0 Å². The molecule has 112 valence electrons. The minimum Gasteiger partial charge on any atom is -0.508 e. The number of hydrogen-bond donors (Lipinski definition) is 2. The molecule has 2 saturated heterocycles. The Bertz CT molecular complexity index is 634. The molecule has 0 spiro atoms. The van der Waals surface area contributed by atoms with E-state index in [1.54, 1.807) is 12.1 Å². The number of hydrogen-bond acceptors (Lipinski definition) is 3. The van der Waals surface area contributed by atoms with Crippen LogP contribution in [0.3, 0.4) is 0 Å². The molecule has 2 atom stereocenters. The number of aromatic hydroxyl groups is 1. The Hall–Kier alpha value is -1.45. The van der Waals surface area contributed by atoms with E-state index in [-0.39, 0.29) is 12.4 Å². The zero-order valence-corrected chi connectivity index (χ0v) is 12.6. The summed E-state index contributed by atoms with van der Waals surface area (Å²) in [6.45, 7) is 0. The first-order valence-electron chi connectivity index (χ1n) is 7.42. The van der Waals surface area contributed by atoms with Crippen LogP contribution in [0.5, 0.6) is 11.5 Å². The molecule has 2 fully saturated rings. The standard InChI is InChI=1S/C17H19NO2.ClH/c19-15-5-1-12-8-16(6-2-11(12)7-15)20-17-9-13-3-4-14(10-17)18-13;/h1-2,5-8,13-14,17-19H,3-4,9-10H2;1H. The smallest absolute Gasteiger partial charge is 0.120 e. The number of phenols is 1. The van der Waals surface area contributed by atoms with Gasteiger partial charge < -0.3 is 15.2 Å². The number of halogens is 1. The highest BCUT2D eigenvalue weighted by Gasteiger charge is 2.34. The lowest BCUT2D eigenvalue weighted by Crippen LogP contribution is -2.42. The number of rotatable bonds is 2. The first-order chi connectivity index (χ1) is 9.76. The Kier molecular flexibility index (Phi) is 3.96. The van der Waals surface area contributed by atoms with Gasteiger partial charge in [0, 0.05) is 12.1 Å². The largest absolute Gasteiger partial charge is 0.508 e. The van der Waals surface area contributed by atoms with E-state index in [1.807, 2.05) is 18.2 Å². The minimum atomic E-state index is 0. The second kappa shape index (κ2) is 5.74. The summed E-state index contributed by atoms with van der Waals surface area (Å²) in [5.74, 6) is 1.25. The fraction of sp³-hybridized carbons (Fsp3) is 0.412. The Morgan fingerprint density at radius 2 is 1.62 bits per heavy atom. The van der Waals surface area contributed by atoms with Gasteiger partial charge in [0.25, 0.3) is 0 Å². The molecule has 2 heterocycles. The molecule has 0 saturated carbocycles. The lowest BCUT2D eigenvalue weighted by atomic mass is 10.0. The van der Waals surface area contributed by atoms with Crippen LogP contribution in [0.2, 0.25) is 0 Å². The molecule has 2 aromatic carbocycles. The van der Waals surface area contributed by atoms with E-state index >= 15 is 0 Å². The summed E-state index contributed by atoms with van der Waals surface area (Å²) in [5.41, 5.74) is 0. The third-order valence-corrected chi connectivity index (χ3v) is 4.53. The molecule has 2 aromatic rings. The van der Waals surface area contributed by atoms with Crippen LogP contribution >= 0.6 is 12.4 Å². The second-order valence-corrected chi connectivity index (χ2v) is 6.04. The fourth-order valence-electron chi connectivity index (χ4n) is 3.58. The molecule has 0 radical (unpaired) electrons. The van der Waals surface area contributed by atoms with Crippen molar-refractivity contribution in [2.75, 3.05) is 0 Å². The van der Waals surface area contributed by atoms with Gasteiger partial charge >= 0.3 is 0 Å². The highest BCUT2D eigenvalue weighted by Crippen LogP contribution is 2.31. The van der Waals surface area contributed by atoms with Crippen LogP contribution in [-0.2, 0) is 0 Å². The molecule has 2 aliphatic heterocycles. The fourth-order valence-corrected chi connectivity index (χ4v) is 3.58. The van der Waals surface area contributed by atoms with E-state index in [4.69, 9.17) is 4.74 Å². The van der Waals surface area contributed by atoms with Crippen molar-refractivity contribution in [1.29, 1.82) is 0 Å². The van der Waals surface area contributed by atoms with Gasteiger partial charge in [0.2, 0.25) is 0 Å². The maximum absolute atomic E-state index is 9.49. The van der Waals surface area contributed by atoms with Crippen molar-refractivity contribution in [2.24, 2.45) is 0 Å². The van der Waals surface area contributed by atoms with Crippen LogP contribution in [-0.4, -0.2) is 23.3 Å². The molecular weight excluding hydrogens is 286 g/mol. The van der Waals surface area contributed by atoms with E-state index in [9.17, 15) is 5.11 Å². The van der Waals surface area contributed by atoms with Crippen molar-refractivity contribution >= 4 is 23.2 Å². The average molecular weight is 306 g/mol. The van der Waals surface area contributed by atoms with Gasteiger partial charge in [-0.15, -0.1) is 12.4 Å². The summed E-state index contributed by atoms with van der Waals surface area (Å²) in [4.78, 5) is 0. The van der Waals surface area contributed by atoms with Gasteiger partial charge in [0.15, 0.2) is 0 Å². The van der Waals surface area contributed by atoms with Crippen molar-refractivity contribution in [3.8, 4) is 11.5 Å². The predicted molar refractivity (Wildman–Crippen MR) is 86.5 cm³/mol. The Balaban J connectivity index is 0.00000132. The van der Waals surface area contributed by atoms with E-state index in [0.717, 1.165) is 29.4 Å². The molecule has 2 unspecified atom stereocenters. The van der Waals surface area contributed by atoms with Crippen LogP contribution in [0.15, 0.2) is 36.4 Å². The van der Waals surface area contributed by atoms with Crippen LogP contribution in [0.25, 0.3) is 10.8 Å². The van der Waals surface area contributed by atoms with Gasteiger partial charge in [-0.3, -0.25) is 0 Å². The van der Waals surface area contributed by atoms with E-state index in [0.29, 0.717) is 23.9 Å². The normalized spacial score (nSPS) is 27.3. The Morgan fingerprint density at radius 3 is 2.38 bits per heavy atom. The average Bonchev–Trinajstić information content (AvgIpc) is 2.78. The lowest BCUT2D eigenvalue weighted by molar-refractivity contribution is 0.137. The van der Waals surface area contributed by atoms with Gasteiger partial charge in [-0.1, -0.05) is 12.1 Å². The maximum Gasteiger partial charge on any atom is 0.120 e. The number of nitrogens with one attached hydrogen (secondary N) is 1. The van der Waals surface area contributed by atoms with Gasteiger partial charge in [-0.2, -0.15) is 0 Å². The molecule has 0 aromatic heterocycles. The number of phenolic OH excluding ortho intramolecular Hbond substituents is 1. The summed E-state index contributed by atoms with van der Waals surface area (Å²) >= 11 is 0. The highest BCUT2D eigenvalue weighted by atomic mass is 35.5. The zero-order chi connectivity index (χ0) is 13.5. The van der Waals surface area contributed by atoms with Crippen molar-refractivity contribution in [3.63, 3.8) is 0 Å². The third kappa shape index (κ3) is 2.94. The van der Waals surface area contributed by atoms with E-state index in [2.05, 4.69) is 11.4 Å². The summed E-state index contributed by atoms with van der Waals surface area (Å²) in [5, 5.41) is 15.3. The lowest BCUT2D eigenvalue weighted by Gasteiger charge is -2.29. The van der Waals surface area contributed by atoms with Crippen molar-refractivity contribution in [3.05, 3.63) is 36.4 Å². The van der Waals surface area contributed by atoms with Crippen LogP contribution < -0.4 is 10.1 Å². The topological polar surface area (TPSA) is 41.5 Å². The maximum atomic E-state index is 9.49. The molecule has 2 bridgehead atoms. The summed E-state index contributed by atoms with van der Waals surface area (Å²) in [6, 6.07) is 12.8.